The summed E-state index contributed by atoms with van der Waals surface area (Å²) in [5.74, 6) is 0. The van der Waals surface area contributed by atoms with Crippen LogP contribution in [0.1, 0.15) is 31.9 Å². The Bertz CT molecular complexity index is 496. The molecule has 0 aromatic heterocycles. The highest BCUT2D eigenvalue weighted by Gasteiger charge is 2.37. The Balaban J connectivity index is 3.03. The molecule has 0 radical (unpaired) electrons. The first kappa shape index (κ1) is 19.6. The molecule has 0 bridgehead atoms. The zero-order chi connectivity index (χ0) is 15.7. The normalized spacial score (nSPS) is 12.8. The molecule has 0 heterocycles. The number of benzene rings is 1. The molecule has 0 saturated heterocycles. The maximum absolute atomic E-state index is 9.47. The monoisotopic (exact) mass is 630 g/mol. The summed E-state index contributed by atoms with van der Waals surface area (Å²) >= 11 is 7.03. The maximum Gasteiger partial charge on any atom is 0.192 e. The molecule has 0 aliphatic heterocycles. The first-order valence-electron chi connectivity index (χ1n) is 6.41. The fourth-order valence-electron chi connectivity index (χ4n) is 1.41. The molecule has 1 rings (SSSR count). The SMILES string of the molecule is CC(C)(C)[Si](C)(C)OCc1cc(CO)c(I)c(I)c1I. The first-order valence-corrected chi connectivity index (χ1v) is 12.6. The van der Waals surface area contributed by atoms with Gasteiger partial charge in [0.25, 0.3) is 0 Å². The second-order valence-corrected chi connectivity index (χ2v) is 14.4. The van der Waals surface area contributed by atoms with E-state index < -0.39 is 8.32 Å². The minimum atomic E-state index is -1.74. The third kappa shape index (κ3) is 4.53. The van der Waals surface area contributed by atoms with Crippen molar-refractivity contribution < 1.29 is 9.53 Å². The zero-order valence-corrected chi connectivity index (χ0v) is 20.0. The van der Waals surface area contributed by atoms with E-state index in [1.54, 1.807) is 0 Å². The fraction of sp³-hybridized carbons (Fsp3) is 0.571. The Kier molecular flexibility index (Phi) is 7.26. The molecule has 2 nitrogen and oxygen atoms in total. The Morgan fingerprint density at radius 3 is 2.00 bits per heavy atom. The quantitative estimate of drug-likeness (QED) is 0.270. The highest BCUT2D eigenvalue weighted by Crippen LogP contribution is 2.37. The molecule has 1 aromatic carbocycles. The van der Waals surface area contributed by atoms with E-state index in [9.17, 15) is 5.11 Å². The van der Waals surface area contributed by atoms with Crippen LogP contribution in [0.2, 0.25) is 18.1 Å². The van der Waals surface area contributed by atoms with Gasteiger partial charge in [-0.1, -0.05) is 20.8 Å². The molecule has 0 unspecified atom stereocenters. The predicted molar refractivity (Wildman–Crippen MR) is 113 cm³/mol. The van der Waals surface area contributed by atoms with Crippen molar-refractivity contribution in [2.75, 3.05) is 0 Å². The second kappa shape index (κ2) is 7.41. The molecule has 1 N–H and O–H groups in total. The molecule has 0 amide bonds. The van der Waals surface area contributed by atoms with E-state index in [4.69, 9.17) is 4.43 Å². The highest BCUT2D eigenvalue weighted by molar-refractivity contribution is 14.1. The van der Waals surface area contributed by atoms with Gasteiger partial charge in [-0.05, 0) is 103 Å². The third-order valence-corrected chi connectivity index (χ3v) is 13.9. The minimum Gasteiger partial charge on any atom is -0.413 e. The van der Waals surface area contributed by atoms with Gasteiger partial charge in [0.05, 0.1) is 13.2 Å². The number of hydrogen-bond acceptors (Lipinski definition) is 2. The van der Waals surface area contributed by atoms with Gasteiger partial charge in [0.15, 0.2) is 8.32 Å². The van der Waals surface area contributed by atoms with Gasteiger partial charge >= 0.3 is 0 Å². The Morgan fingerprint density at radius 2 is 1.55 bits per heavy atom. The van der Waals surface area contributed by atoms with Crippen molar-refractivity contribution in [3.05, 3.63) is 27.9 Å². The van der Waals surface area contributed by atoms with Crippen molar-refractivity contribution in [1.82, 2.24) is 0 Å². The van der Waals surface area contributed by atoms with Crippen molar-refractivity contribution in [2.24, 2.45) is 0 Å². The smallest absolute Gasteiger partial charge is 0.192 e. The van der Waals surface area contributed by atoms with Gasteiger partial charge in [-0.2, -0.15) is 0 Å². The average Bonchev–Trinajstić information content (AvgIpc) is 2.34. The van der Waals surface area contributed by atoms with Crippen LogP contribution in [-0.2, 0) is 17.6 Å². The lowest BCUT2D eigenvalue weighted by Crippen LogP contribution is -2.40. The van der Waals surface area contributed by atoms with E-state index in [2.05, 4.69) is 108 Å². The fourth-order valence-corrected chi connectivity index (χ4v) is 4.75. The molecular weight excluding hydrogens is 609 g/mol. The van der Waals surface area contributed by atoms with Crippen molar-refractivity contribution in [3.63, 3.8) is 0 Å². The molecule has 0 aliphatic carbocycles. The number of rotatable bonds is 4. The Morgan fingerprint density at radius 1 is 1.05 bits per heavy atom. The van der Waals surface area contributed by atoms with Gasteiger partial charge in [0.2, 0.25) is 0 Å². The summed E-state index contributed by atoms with van der Waals surface area (Å²) in [5.41, 5.74) is 2.17. The molecule has 6 heteroatoms. The van der Waals surface area contributed by atoms with Gasteiger partial charge in [0, 0.05) is 10.7 Å². The van der Waals surface area contributed by atoms with E-state index in [0.29, 0.717) is 6.61 Å². The lowest BCUT2D eigenvalue weighted by molar-refractivity contribution is 0.271. The number of halogens is 3. The van der Waals surface area contributed by atoms with E-state index >= 15 is 0 Å². The summed E-state index contributed by atoms with van der Waals surface area (Å²) < 4.78 is 9.90. The van der Waals surface area contributed by atoms with Gasteiger partial charge in [-0.3, -0.25) is 0 Å². The highest BCUT2D eigenvalue weighted by atomic mass is 127. The molecule has 0 saturated carbocycles. The summed E-state index contributed by atoms with van der Waals surface area (Å²) in [4.78, 5) is 0. The largest absolute Gasteiger partial charge is 0.413 e. The molecule has 1 aromatic rings. The Labute approximate surface area is 164 Å². The van der Waals surface area contributed by atoms with Crippen molar-refractivity contribution in [1.29, 1.82) is 0 Å². The van der Waals surface area contributed by atoms with Crippen LogP contribution in [0.5, 0.6) is 0 Å². The molecule has 0 spiro atoms. The van der Waals surface area contributed by atoms with Crippen LogP contribution in [0.15, 0.2) is 6.07 Å². The van der Waals surface area contributed by atoms with Gasteiger partial charge in [-0.15, -0.1) is 0 Å². The van der Waals surface area contributed by atoms with Gasteiger partial charge in [0.1, 0.15) is 0 Å². The molecular formula is C14H21I3O2Si. The van der Waals surface area contributed by atoms with Crippen LogP contribution in [0.4, 0.5) is 0 Å². The van der Waals surface area contributed by atoms with Crippen LogP contribution in [0.3, 0.4) is 0 Å². The van der Waals surface area contributed by atoms with Crippen LogP contribution in [-0.4, -0.2) is 13.4 Å². The number of hydrogen-bond donors (Lipinski definition) is 1. The summed E-state index contributed by atoms with van der Waals surface area (Å²) in [7, 11) is -1.74. The molecule has 20 heavy (non-hydrogen) atoms. The van der Waals surface area contributed by atoms with Crippen LogP contribution in [0.25, 0.3) is 0 Å². The minimum absolute atomic E-state index is 0.0816. The van der Waals surface area contributed by atoms with Crippen molar-refractivity contribution >= 4 is 76.1 Å². The number of aliphatic hydroxyl groups is 1. The average molecular weight is 630 g/mol. The first-order chi connectivity index (χ1) is 9.01. The predicted octanol–water partition coefficient (Wildman–Crippen LogP) is 5.51. The maximum atomic E-state index is 9.47. The van der Waals surface area contributed by atoms with E-state index in [-0.39, 0.29) is 11.6 Å². The van der Waals surface area contributed by atoms with Crippen LogP contribution in [0, 0.1) is 10.7 Å². The molecule has 114 valence electrons. The van der Waals surface area contributed by atoms with E-state index in [0.717, 1.165) is 9.13 Å². The zero-order valence-electron chi connectivity index (χ0n) is 12.5. The van der Waals surface area contributed by atoms with Gasteiger partial charge in [-0.25, -0.2) is 0 Å². The van der Waals surface area contributed by atoms with E-state index in [1.165, 1.54) is 12.7 Å². The van der Waals surface area contributed by atoms with Crippen LogP contribution >= 0.6 is 67.8 Å². The molecule has 0 fully saturated rings. The number of aliphatic hydroxyl groups excluding tert-OH is 1. The molecule has 0 aliphatic rings. The third-order valence-electron chi connectivity index (χ3n) is 3.86. The summed E-state index contributed by atoms with van der Waals surface area (Å²) in [6.45, 7) is 12.0. The lowest BCUT2D eigenvalue weighted by Gasteiger charge is -2.36. The van der Waals surface area contributed by atoms with Gasteiger partial charge < -0.3 is 9.53 Å². The van der Waals surface area contributed by atoms with E-state index in [1.807, 2.05) is 0 Å². The standard InChI is InChI=1S/C14H21I3O2Si/c1-14(2,3)20(4,5)19-8-10-6-9(7-18)11(15)13(17)12(10)16/h6,18H,7-8H2,1-5H3. The van der Waals surface area contributed by atoms with Crippen LogP contribution < -0.4 is 0 Å². The van der Waals surface area contributed by atoms with Crippen molar-refractivity contribution in [3.8, 4) is 0 Å². The second-order valence-electron chi connectivity index (χ2n) is 6.34. The molecule has 0 atom stereocenters. The summed E-state index contributed by atoms with van der Waals surface area (Å²) in [6.07, 6.45) is 0. The summed E-state index contributed by atoms with van der Waals surface area (Å²) in [6, 6.07) is 2.08. The Hall–Kier alpha value is 1.55. The topological polar surface area (TPSA) is 29.5 Å². The summed E-state index contributed by atoms with van der Waals surface area (Å²) in [5, 5.41) is 9.69. The van der Waals surface area contributed by atoms with Crippen molar-refractivity contribution in [2.45, 2.75) is 52.1 Å². The lowest BCUT2D eigenvalue weighted by atomic mass is 10.1.